The molecule has 1 amide bonds. The summed E-state index contributed by atoms with van der Waals surface area (Å²) in [5.41, 5.74) is 2.07. The van der Waals surface area contributed by atoms with Crippen LogP contribution < -0.4 is 16.0 Å². The van der Waals surface area contributed by atoms with Crippen molar-refractivity contribution in [3.05, 3.63) is 101 Å². The highest BCUT2D eigenvalue weighted by Crippen LogP contribution is 2.30. The van der Waals surface area contributed by atoms with Crippen LogP contribution in [0, 0.1) is 5.41 Å². The van der Waals surface area contributed by atoms with E-state index in [1.54, 1.807) is 6.07 Å². The van der Waals surface area contributed by atoms with Crippen molar-refractivity contribution in [2.24, 2.45) is 4.99 Å². The fourth-order valence-corrected chi connectivity index (χ4v) is 4.80. The summed E-state index contributed by atoms with van der Waals surface area (Å²) in [6, 6.07) is 18.7. The van der Waals surface area contributed by atoms with E-state index in [0.717, 1.165) is 29.6 Å². The number of rotatable bonds is 8. The van der Waals surface area contributed by atoms with Crippen LogP contribution in [-0.4, -0.2) is 70.4 Å². The number of benzodiazepines with no additional fused rings is 1. The number of hydrogen-bond donors (Lipinski definition) is 4. The topological polar surface area (TPSA) is 154 Å². The van der Waals surface area contributed by atoms with Crippen molar-refractivity contribution < 1.29 is 27.1 Å². The lowest BCUT2D eigenvalue weighted by molar-refractivity contribution is -0.141. The van der Waals surface area contributed by atoms with Crippen LogP contribution in [0.4, 0.5) is 30.6 Å². The number of aromatic nitrogens is 3. The molecule has 2 aromatic heterocycles. The normalized spacial score (nSPS) is 17.3. The second-order valence-electron chi connectivity index (χ2n) is 9.90. The maximum Gasteiger partial charge on any atom is 0.433 e. The average Bonchev–Trinajstić information content (AvgIpc) is 3.46. The zero-order chi connectivity index (χ0) is 31.4. The number of benzene rings is 2. The van der Waals surface area contributed by atoms with Gasteiger partial charge in [-0.05, 0) is 18.2 Å². The number of halogens is 3. The number of ether oxygens (including phenoxy) is 1. The third kappa shape index (κ3) is 6.52. The highest BCUT2D eigenvalue weighted by atomic mass is 19.4. The molecule has 6 rings (SSSR count). The van der Waals surface area contributed by atoms with Gasteiger partial charge in [-0.1, -0.05) is 53.6 Å². The van der Waals surface area contributed by atoms with E-state index in [9.17, 15) is 18.0 Å². The van der Waals surface area contributed by atoms with Gasteiger partial charge >= 0.3 is 12.2 Å². The molecule has 0 spiro atoms. The van der Waals surface area contributed by atoms with Crippen molar-refractivity contribution in [2.45, 2.75) is 12.3 Å². The monoisotopic (exact) mass is 617 g/mol. The summed E-state index contributed by atoms with van der Waals surface area (Å²) in [6.07, 6.45) is -3.69. The molecule has 0 bridgehead atoms. The van der Waals surface area contributed by atoms with Crippen LogP contribution in [0.3, 0.4) is 0 Å². The molecule has 1 atom stereocenters. The third-order valence-corrected chi connectivity index (χ3v) is 6.95. The first-order valence-corrected chi connectivity index (χ1v) is 13.8. The first-order valence-electron chi connectivity index (χ1n) is 13.8. The maximum absolute atomic E-state index is 13.2. The van der Waals surface area contributed by atoms with Gasteiger partial charge in [0.2, 0.25) is 6.17 Å². The molecule has 4 N–H and O–H groups in total. The molecule has 2 aromatic carbocycles. The minimum atomic E-state index is -4.59. The van der Waals surface area contributed by atoms with Gasteiger partial charge in [0.25, 0.3) is 11.8 Å². The van der Waals surface area contributed by atoms with Crippen LogP contribution in [0.5, 0.6) is 0 Å². The van der Waals surface area contributed by atoms with E-state index in [1.807, 2.05) is 53.4 Å². The Labute approximate surface area is 254 Å². The Morgan fingerprint density at radius 1 is 1.02 bits per heavy atom. The molecule has 45 heavy (non-hydrogen) atoms. The molecule has 0 unspecified atom stereocenters. The lowest BCUT2D eigenvalue weighted by Crippen LogP contribution is -2.38. The molecular formula is C30H26F3N9O3. The number of pyridine rings is 1. The van der Waals surface area contributed by atoms with Crippen LogP contribution in [0.25, 0.3) is 5.57 Å². The minimum Gasteiger partial charge on any atom is -0.403 e. The van der Waals surface area contributed by atoms with E-state index in [2.05, 4.69) is 31.1 Å². The molecule has 2 aliphatic rings. The molecule has 15 heteroatoms. The molecular weight excluding hydrogens is 591 g/mol. The lowest BCUT2D eigenvalue weighted by atomic mass is 10.0. The summed E-state index contributed by atoms with van der Waals surface area (Å²) in [4.78, 5) is 23.3. The zero-order valence-corrected chi connectivity index (χ0v) is 23.5. The Morgan fingerprint density at radius 3 is 2.49 bits per heavy atom. The molecule has 12 nitrogen and oxygen atoms in total. The number of aliphatic imine (C=N–C) groups is 1. The van der Waals surface area contributed by atoms with Crippen LogP contribution in [0.15, 0.2) is 88.2 Å². The molecule has 4 aromatic rings. The number of anilines is 3. The first kappa shape index (κ1) is 29.5. The van der Waals surface area contributed by atoms with E-state index in [-0.39, 0.29) is 23.2 Å². The fourth-order valence-electron chi connectivity index (χ4n) is 4.80. The highest BCUT2D eigenvalue weighted by molar-refractivity contribution is 6.19. The highest BCUT2D eigenvalue weighted by Gasteiger charge is 2.32. The van der Waals surface area contributed by atoms with Crippen molar-refractivity contribution in [3.63, 3.8) is 0 Å². The van der Waals surface area contributed by atoms with Gasteiger partial charge < -0.3 is 35.4 Å². The maximum atomic E-state index is 13.2. The Hall–Kier alpha value is -5.57. The standard InChI is InChI=1S/C30H26F3N9O3/c31-30(32,33)23-11-10-19(17-35-23)36-26(42-12-14-44-15-13-42)21(16-34)28-40-41-29(45-28)39-25-27(43)37-22-9-5-4-8-20(22)24(38-25)18-6-2-1-3-7-18/h1-11,16-17,25,34,36H,12-15H2,(H,37,43)(H,39,41)/b26-21-,34-16?/t25-/m1/s1. The average molecular weight is 618 g/mol. The molecule has 0 saturated carbocycles. The van der Waals surface area contributed by atoms with Crippen molar-refractivity contribution >= 4 is 40.8 Å². The fraction of sp³-hybridized carbons (Fsp3) is 0.200. The van der Waals surface area contributed by atoms with E-state index >= 15 is 0 Å². The largest absolute Gasteiger partial charge is 0.433 e. The van der Waals surface area contributed by atoms with Gasteiger partial charge in [0, 0.05) is 30.4 Å². The van der Waals surface area contributed by atoms with Crippen molar-refractivity contribution in [1.82, 2.24) is 20.1 Å². The number of allylic oxidation sites excluding steroid dienone is 1. The Bertz CT molecular complexity index is 1750. The summed E-state index contributed by atoms with van der Waals surface area (Å²) in [6.45, 7) is 1.62. The van der Waals surface area contributed by atoms with Gasteiger partial charge in [-0.2, -0.15) is 13.2 Å². The molecule has 230 valence electrons. The number of alkyl halides is 3. The number of fused-ring (bicyclic) bond motifs is 1. The van der Waals surface area contributed by atoms with Gasteiger partial charge in [-0.15, -0.1) is 5.10 Å². The van der Waals surface area contributed by atoms with Gasteiger partial charge in [0.15, 0.2) is 0 Å². The SMILES string of the molecule is N=C/C(=C(\Nc1ccc(C(F)(F)F)nc1)N1CCOCC1)c1nnc(N[C@H]2N=C(c3ccccc3)c3ccccc3NC2=O)o1. The second kappa shape index (κ2) is 12.6. The van der Waals surface area contributed by atoms with Crippen molar-refractivity contribution in [3.8, 4) is 0 Å². The zero-order valence-electron chi connectivity index (χ0n) is 23.5. The number of carbonyl (C=O) groups is 1. The molecule has 1 saturated heterocycles. The van der Waals surface area contributed by atoms with Gasteiger partial charge in [0.1, 0.15) is 11.5 Å². The van der Waals surface area contributed by atoms with E-state index in [1.165, 1.54) is 6.07 Å². The predicted molar refractivity (Wildman–Crippen MR) is 160 cm³/mol. The smallest absolute Gasteiger partial charge is 0.403 e. The van der Waals surface area contributed by atoms with E-state index in [0.29, 0.717) is 43.5 Å². The second-order valence-corrected chi connectivity index (χ2v) is 9.90. The number of nitrogens with zero attached hydrogens (tertiary/aromatic N) is 5. The van der Waals surface area contributed by atoms with Crippen LogP contribution >= 0.6 is 0 Å². The van der Waals surface area contributed by atoms with Crippen LogP contribution in [0.2, 0.25) is 0 Å². The van der Waals surface area contributed by atoms with Gasteiger partial charge in [-0.25, -0.2) is 9.98 Å². The molecule has 4 heterocycles. The predicted octanol–water partition coefficient (Wildman–Crippen LogP) is 4.47. The number of nitrogens with one attached hydrogen (secondary N) is 4. The van der Waals surface area contributed by atoms with E-state index < -0.39 is 23.9 Å². The van der Waals surface area contributed by atoms with Crippen molar-refractivity contribution in [1.29, 1.82) is 5.41 Å². The number of hydrogen-bond acceptors (Lipinski definition) is 11. The number of carbonyl (C=O) groups excluding carboxylic acids is 1. The summed E-state index contributed by atoms with van der Waals surface area (Å²) in [7, 11) is 0. The Morgan fingerprint density at radius 2 is 1.78 bits per heavy atom. The van der Waals surface area contributed by atoms with Crippen LogP contribution in [-0.2, 0) is 15.7 Å². The number of para-hydroxylation sites is 1. The Kier molecular flexibility index (Phi) is 8.24. The van der Waals surface area contributed by atoms with Gasteiger partial charge in [0.05, 0.1) is 42.1 Å². The van der Waals surface area contributed by atoms with Gasteiger partial charge in [-0.3, -0.25) is 4.79 Å². The number of morpholine rings is 1. The summed E-state index contributed by atoms with van der Waals surface area (Å²) >= 11 is 0. The minimum absolute atomic E-state index is 0.0778. The Balaban J connectivity index is 1.32. The first-order chi connectivity index (χ1) is 21.8. The quantitative estimate of drug-likeness (QED) is 0.210. The van der Waals surface area contributed by atoms with Crippen molar-refractivity contribution in [2.75, 3.05) is 42.3 Å². The molecule has 0 aliphatic carbocycles. The summed E-state index contributed by atoms with van der Waals surface area (Å²) in [5.74, 6) is -0.204. The number of amides is 1. The molecule has 1 fully saturated rings. The van der Waals surface area contributed by atoms with Crippen LogP contribution in [0.1, 0.15) is 22.7 Å². The van der Waals surface area contributed by atoms with E-state index in [4.69, 9.17) is 19.6 Å². The molecule has 2 aliphatic heterocycles. The summed E-state index contributed by atoms with van der Waals surface area (Å²) in [5, 5.41) is 25.1. The lowest BCUT2D eigenvalue weighted by Gasteiger charge is -2.32. The summed E-state index contributed by atoms with van der Waals surface area (Å²) < 4.78 is 50.5. The third-order valence-electron chi connectivity index (χ3n) is 6.95. The molecule has 0 radical (unpaired) electrons.